The highest BCUT2D eigenvalue weighted by Crippen LogP contribution is 2.16. The minimum atomic E-state index is -0.352. The normalized spacial score (nSPS) is 23.1. The van der Waals surface area contributed by atoms with Crippen LogP contribution in [0.25, 0.3) is 0 Å². The van der Waals surface area contributed by atoms with Gasteiger partial charge in [-0.15, -0.1) is 0 Å². The molecule has 28 heavy (non-hydrogen) atoms. The van der Waals surface area contributed by atoms with Crippen molar-refractivity contribution in [2.75, 3.05) is 39.4 Å². The Labute approximate surface area is 167 Å². The van der Waals surface area contributed by atoms with E-state index < -0.39 is 0 Å². The molecule has 1 aromatic carbocycles. The van der Waals surface area contributed by atoms with Crippen LogP contribution in [-0.2, 0) is 9.47 Å². The fourth-order valence-electron chi connectivity index (χ4n) is 4.07. The molecule has 2 heterocycles. The van der Waals surface area contributed by atoms with Crippen molar-refractivity contribution in [1.82, 2.24) is 9.80 Å². The highest BCUT2D eigenvalue weighted by atomic mass is 16.5. The molecule has 6 heteroatoms. The van der Waals surface area contributed by atoms with Gasteiger partial charge in [0.1, 0.15) is 13.2 Å². The predicted octanol–water partition coefficient (Wildman–Crippen LogP) is 2.97. The van der Waals surface area contributed by atoms with Gasteiger partial charge in [0.25, 0.3) is 0 Å². The summed E-state index contributed by atoms with van der Waals surface area (Å²) in [5.41, 5.74) is 0.911. The third kappa shape index (κ3) is 5.55. The van der Waals surface area contributed by atoms with Crippen molar-refractivity contribution in [2.24, 2.45) is 0 Å². The monoisotopic (exact) mass is 388 g/mol. The van der Waals surface area contributed by atoms with Gasteiger partial charge in [-0.05, 0) is 76.9 Å². The van der Waals surface area contributed by atoms with E-state index in [-0.39, 0.29) is 11.9 Å². The van der Waals surface area contributed by atoms with Crippen molar-refractivity contribution in [2.45, 2.75) is 51.6 Å². The molecule has 0 aromatic heterocycles. The molecule has 2 aliphatic rings. The number of benzene rings is 1. The molecule has 0 N–H and O–H groups in total. The average molecular weight is 389 g/mol. The fraction of sp³-hybridized carbons (Fsp3) is 0.636. The SMILES string of the molecule is CC1CCCN1CCOC(=O)c1ccc(C(=O)OCCN2CCCC2C)cc1. The van der Waals surface area contributed by atoms with Crippen LogP contribution in [-0.4, -0.2) is 73.2 Å². The van der Waals surface area contributed by atoms with Gasteiger partial charge >= 0.3 is 11.9 Å². The molecule has 0 spiro atoms. The first-order chi connectivity index (χ1) is 13.5. The maximum atomic E-state index is 12.2. The van der Waals surface area contributed by atoms with Gasteiger partial charge < -0.3 is 9.47 Å². The van der Waals surface area contributed by atoms with Crippen molar-refractivity contribution < 1.29 is 19.1 Å². The minimum absolute atomic E-state index is 0.352. The molecule has 2 aliphatic heterocycles. The van der Waals surface area contributed by atoms with E-state index in [4.69, 9.17) is 9.47 Å². The molecule has 0 bridgehead atoms. The maximum absolute atomic E-state index is 12.2. The molecule has 0 amide bonds. The summed E-state index contributed by atoms with van der Waals surface area (Å²) in [5.74, 6) is -0.704. The minimum Gasteiger partial charge on any atom is -0.461 e. The summed E-state index contributed by atoms with van der Waals surface area (Å²) in [4.78, 5) is 29.0. The first-order valence-electron chi connectivity index (χ1n) is 10.5. The topological polar surface area (TPSA) is 59.1 Å². The second-order valence-electron chi connectivity index (χ2n) is 7.90. The molecule has 2 unspecified atom stereocenters. The molecule has 0 aliphatic carbocycles. The zero-order chi connectivity index (χ0) is 19.9. The number of nitrogens with zero attached hydrogens (tertiary/aromatic N) is 2. The Bertz CT molecular complexity index is 604. The van der Waals surface area contributed by atoms with Gasteiger partial charge in [0.05, 0.1) is 11.1 Å². The molecule has 0 radical (unpaired) electrons. The van der Waals surface area contributed by atoms with Crippen LogP contribution in [0.5, 0.6) is 0 Å². The van der Waals surface area contributed by atoms with E-state index in [9.17, 15) is 9.59 Å². The third-order valence-electron chi connectivity index (χ3n) is 5.96. The number of carbonyl (C=O) groups excluding carboxylic acids is 2. The summed E-state index contributed by atoms with van der Waals surface area (Å²) in [7, 11) is 0. The summed E-state index contributed by atoms with van der Waals surface area (Å²) in [6, 6.07) is 7.63. The van der Waals surface area contributed by atoms with Crippen molar-refractivity contribution in [3.8, 4) is 0 Å². The zero-order valence-electron chi connectivity index (χ0n) is 17.1. The smallest absolute Gasteiger partial charge is 0.338 e. The standard InChI is InChI=1S/C22H32N2O4/c1-17-5-3-11-23(17)13-15-27-21(25)19-7-9-20(10-8-19)22(26)28-16-14-24-12-4-6-18(24)2/h7-10,17-18H,3-6,11-16H2,1-2H3. The lowest BCUT2D eigenvalue weighted by atomic mass is 10.1. The Kier molecular flexibility index (Phi) is 7.45. The van der Waals surface area contributed by atoms with E-state index in [2.05, 4.69) is 23.6 Å². The van der Waals surface area contributed by atoms with Gasteiger partial charge in [-0.25, -0.2) is 9.59 Å². The maximum Gasteiger partial charge on any atom is 0.338 e. The van der Waals surface area contributed by atoms with E-state index in [1.165, 1.54) is 25.7 Å². The quantitative estimate of drug-likeness (QED) is 0.638. The highest BCUT2D eigenvalue weighted by molar-refractivity contribution is 5.93. The lowest BCUT2D eigenvalue weighted by Gasteiger charge is -2.20. The van der Waals surface area contributed by atoms with Crippen LogP contribution in [0, 0.1) is 0 Å². The Balaban J connectivity index is 1.39. The predicted molar refractivity (Wildman–Crippen MR) is 108 cm³/mol. The Morgan fingerprint density at radius 3 is 1.54 bits per heavy atom. The van der Waals surface area contributed by atoms with E-state index in [0.717, 1.165) is 26.2 Å². The second-order valence-corrected chi connectivity index (χ2v) is 7.90. The summed E-state index contributed by atoms with van der Waals surface area (Å²) < 4.78 is 10.7. The third-order valence-corrected chi connectivity index (χ3v) is 5.96. The molecule has 1 aromatic rings. The summed E-state index contributed by atoms with van der Waals surface area (Å²) in [6.45, 7) is 8.89. The van der Waals surface area contributed by atoms with Crippen LogP contribution in [0.2, 0.25) is 0 Å². The molecule has 2 atom stereocenters. The highest BCUT2D eigenvalue weighted by Gasteiger charge is 2.21. The number of ether oxygens (including phenoxy) is 2. The largest absolute Gasteiger partial charge is 0.461 e. The van der Waals surface area contributed by atoms with Crippen molar-refractivity contribution >= 4 is 11.9 Å². The molecular weight excluding hydrogens is 356 g/mol. The Hall–Kier alpha value is -1.92. The Morgan fingerprint density at radius 2 is 1.21 bits per heavy atom. The zero-order valence-corrected chi connectivity index (χ0v) is 17.1. The first-order valence-corrected chi connectivity index (χ1v) is 10.5. The fourth-order valence-corrected chi connectivity index (χ4v) is 4.07. The molecule has 154 valence electrons. The molecule has 6 nitrogen and oxygen atoms in total. The van der Waals surface area contributed by atoms with Crippen LogP contribution in [0.1, 0.15) is 60.2 Å². The number of rotatable bonds is 8. The number of esters is 2. The lowest BCUT2D eigenvalue weighted by Crippen LogP contribution is -2.31. The van der Waals surface area contributed by atoms with Gasteiger partial charge in [-0.3, -0.25) is 9.80 Å². The van der Waals surface area contributed by atoms with Gasteiger partial charge in [0.15, 0.2) is 0 Å². The summed E-state index contributed by atoms with van der Waals surface area (Å²) in [6.07, 6.45) is 4.85. The van der Waals surface area contributed by atoms with E-state index in [1.807, 2.05) is 0 Å². The average Bonchev–Trinajstić information content (AvgIpc) is 3.30. The van der Waals surface area contributed by atoms with Crippen LogP contribution in [0.4, 0.5) is 0 Å². The van der Waals surface area contributed by atoms with Gasteiger partial charge in [-0.2, -0.15) is 0 Å². The van der Waals surface area contributed by atoms with Crippen LogP contribution >= 0.6 is 0 Å². The molecule has 2 saturated heterocycles. The number of hydrogen-bond acceptors (Lipinski definition) is 6. The van der Waals surface area contributed by atoms with Crippen molar-refractivity contribution in [1.29, 1.82) is 0 Å². The van der Waals surface area contributed by atoms with Crippen LogP contribution in [0.3, 0.4) is 0 Å². The van der Waals surface area contributed by atoms with Gasteiger partial charge in [0, 0.05) is 25.2 Å². The summed E-state index contributed by atoms with van der Waals surface area (Å²) >= 11 is 0. The second kappa shape index (κ2) is 10.0. The molecular formula is C22H32N2O4. The summed E-state index contributed by atoms with van der Waals surface area (Å²) in [5, 5.41) is 0. The molecule has 3 rings (SSSR count). The molecule has 0 saturated carbocycles. The number of hydrogen-bond donors (Lipinski definition) is 0. The van der Waals surface area contributed by atoms with E-state index in [0.29, 0.717) is 36.4 Å². The van der Waals surface area contributed by atoms with E-state index >= 15 is 0 Å². The van der Waals surface area contributed by atoms with Gasteiger partial charge in [0.2, 0.25) is 0 Å². The number of carbonyl (C=O) groups is 2. The van der Waals surface area contributed by atoms with Crippen molar-refractivity contribution in [3.63, 3.8) is 0 Å². The first kappa shape index (κ1) is 20.8. The molecule has 2 fully saturated rings. The Morgan fingerprint density at radius 1 is 0.821 bits per heavy atom. The van der Waals surface area contributed by atoms with Crippen LogP contribution < -0.4 is 0 Å². The van der Waals surface area contributed by atoms with Crippen molar-refractivity contribution in [3.05, 3.63) is 35.4 Å². The lowest BCUT2D eigenvalue weighted by molar-refractivity contribution is 0.0444. The van der Waals surface area contributed by atoms with Gasteiger partial charge in [-0.1, -0.05) is 0 Å². The number of likely N-dealkylation sites (tertiary alicyclic amines) is 2. The van der Waals surface area contributed by atoms with Crippen LogP contribution in [0.15, 0.2) is 24.3 Å². The van der Waals surface area contributed by atoms with E-state index in [1.54, 1.807) is 24.3 Å².